The van der Waals surface area contributed by atoms with E-state index in [4.69, 9.17) is 0 Å². The number of nitrogens with zero attached hydrogens (tertiary/aromatic N) is 3. The van der Waals surface area contributed by atoms with Gasteiger partial charge in [-0.3, -0.25) is 14.3 Å². The van der Waals surface area contributed by atoms with Crippen LogP contribution in [0.4, 0.5) is 32.0 Å². The molecular formula is C23H18F6N4O3. The van der Waals surface area contributed by atoms with Gasteiger partial charge >= 0.3 is 12.5 Å². The van der Waals surface area contributed by atoms with Crippen molar-refractivity contribution < 1.29 is 40.7 Å². The molecule has 3 aromatic rings. The SMILES string of the molecule is Cn1cc(C2C(C(=O)Nc3cccc(OC(F)(F)F)c3)c3ccccc3C(=O)N2CC(F)(F)F)cn1. The number of halogens is 6. The molecule has 2 heterocycles. The van der Waals surface area contributed by atoms with Crippen molar-refractivity contribution in [2.45, 2.75) is 24.5 Å². The number of anilines is 1. The van der Waals surface area contributed by atoms with Crippen molar-refractivity contribution in [2.75, 3.05) is 11.9 Å². The molecule has 36 heavy (non-hydrogen) atoms. The number of ether oxygens (including phenoxy) is 1. The lowest BCUT2D eigenvalue weighted by atomic mass is 9.79. The van der Waals surface area contributed by atoms with Crippen LogP contribution < -0.4 is 10.1 Å². The number of aromatic nitrogens is 2. The maximum absolute atomic E-state index is 13.5. The van der Waals surface area contributed by atoms with E-state index in [0.717, 1.165) is 12.1 Å². The molecule has 1 N–H and O–H groups in total. The second-order valence-electron chi connectivity index (χ2n) is 8.07. The molecule has 0 bridgehead atoms. The molecule has 7 nitrogen and oxygen atoms in total. The average Bonchev–Trinajstić information content (AvgIpc) is 3.19. The Morgan fingerprint density at radius 2 is 1.81 bits per heavy atom. The van der Waals surface area contributed by atoms with E-state index in [-0.39, 0.29) is 22.4 Å². The zero-order chi connectivity index (χ0) is 26.3. The molecule has 1 aliphatic rings. The molecule has 13 heteroatoms. The van der Waals surface area contributed by atoms with E-state index in [1.807, 2.05) is 0 Å². The van der Waals surface area contributed by atoms with Crippen LogP contribution in [0.5, 0.6) is 5.75 Å². The molecule has 4 rings (SSSR count). The summed E-state index contributed by atoms with van der Waals surface area (Å²) in [6, 6.07) is 8.84. The highest BCUT2D eigenvalue weighted by atomic mass is 19.4. The van der Waals surface area contributed by atoms with Crippen molar-refractivity contribution in [3.8, 4) is 5.75 Å². The Balaban J connectivity index is 1.78. The number of alkyl halides is 6. The number of rotatable bonds is 5. The van der Waals surface area contributed by atoms with Gasteiger partial charge in [0.05, 0.1) is 18.2 Å². The first-order valence-corrected chi connectivity index (χ1v) is 10.4. The number of benzene rings is 2. The number of carbonyl (C=O) groups is 2. The van der Waals surface area contributed by atoms with Gasteiger partial charge in [-0.2, -0.15) is 18.3 Å². The molecule has 2 unspecified atom stereocenters. The number of hydrogen-bond acceptors (Lipinski definition) is 4. The van der Waals surface area contributed by atoms with Crippen molar-refractivity contribution in [3.05, 3.63) is 77.6 Å². The summed E-state index contributed by atoms with van der Waals surface area (Å²) in [4.78, 5) is 27.2. The molecule has 0 saturated carbocycles. The normalized spacial score (nSPS) is 18.1. The van der Waals surface area contributed by atoms with Gasteiger partial charge in [-0.25, -0.2) is 0 Å². The molecule has 0 radical (unpaired) electrons. The van der Waals surface area contributed by atoms with Gasteiger partial charge in [0.25, 0.3) is 5.91 Å². The van der Waals surface area contributed by atoms with E-state index >= 15 is 0 Å². The molecule has 0 spiro atoms. The Kier molecular flexibility index (Phi) is 6.41. The maximum atomic E-state index is 13.5. The zero-order valence-electron chi connectivity index (χ0n) is 18.5. The molecule has 0 fully saturated rings. The fraction of sp³-hybridized carbons (Fsp3) is 0.261. The van der Waals surface area contributed by atoms with E-state index in [2.05, 4.69) is 15.2 Å². The number of hydrogen-bond donors (Lipinski definition) is 1. The first-order chi connectivity index (χ1) is 16.8. The van der Waals surface area contributed by atoms with Gasteiger partial charge in [-0.1, -0.05) is 24.3 Å². The maximum Gasteiger partial charge on any atom is 0.573 e. The van der Waals surface area contributed by atoms with Gasteiger partial charge < -0.3 is 15.0 Å². The van der Waals surface area contributed by atoms with E-state index in [0.29, 0.717) is 4.90 Å². The van der Waals surface area contributed by atoms with E-state index in [9.17, 15) is 35.9 Å². The molecule has 1 aliphatic heterocycles. The van der Waals surface area contributed by atoms with Crippen LogP contribution in [0.2, 0.25) is 0 Å². The van der Waals surface area contributed by atoms with E-state index in [1.54, 1.807) is 0 Å². The summed E-state index contributed by atoms with van der Waals surface area (Å²) < 4.78 is 83.5. The highest BCUT2D eigenvalue weighted by molar-refractivity contribution is 6.04. The predicted molar refractivity (Wildman–Crippen MR) is 114 cm³/mol. The van der Waals surface area contributed by atoms with E-state index < -0.39 is 48.6 Å². The van der Waals surface area contributed by atoms with Crippen molar-refractivity contribution >= 4 is 17.5 Å². The lowest BCUT2D eigenvalue weighted by molar-refractivity contribution is -0.274. The van der Waals surface area contributed by atoms with Gasteiger partial charge in [-0.05, 0) is 23.8 Å². The summed E-state index contributed by atoms with van der Waals surface area (Å²) in [6.07, 6.45) is -7.08. The quantitative estimate of drug-likeness (QED) is 0.499. The van der Waals surface area contributed by atoms with Crippen LogP contribution in [0.1, 0.15) is 33.4 Å². The van der Waals surface area contributed by atoms with Gasteiger partial charge in [-0.15, -0.1) is 13.2 Å². The Bertz CT molecular complexity index is 1290. The average molecular weight is 512 g/mol. The lowest BCUT2D eigenvalue weighted by Gasteiger charge is -2.41. The molecule has 2 amide bonds. The lowest BCUT2D eigenvalue weighted by Crippen LogP contribution is -2.49. The molecule has 2 atom stereocenters. The number of amides is 2. The summed E-state index contributed by atoms with van der Waals surface area (Å²) in [5.41, 5.74) is 0.188. The first-order valence-electron chi connectivity index (χ1n) is 10.4. The summed E-state index contributed by atoms with van der Waals surface area (Å²) >= 11 is 0. The van der Waals surface area contributed by atoms with Crippen LogP contribution in [-0.2, 0) is 11.8 Å². The number of carbonyl (C=O) groups excluding carboxylic acids is 2. The van der Waals surface area contributed by atoms with Crippen LogP contribution in [-0.4, -0.2) is 45.6 Å². The van der Waals surface area contributed by atoms with Crippen LogP contribution in [0, 0.1) is 0 Å². The molecule has 190 valence electrons. The third-order valence-electron chi connectivity index (χ3n) is 5.47. The van der Waals surface area contributed by atoms with Crippen LogP contribution in [0.25, 0.3) is 0 Å². The second-order valence-corrected chi connectivity index (χ2v) is 8.07. The Hall–Kier alpha value is -4.03. The summed E-state index contributed by atoms with van der Waals surface area (Å²) in [6.45, 7) is -1.63. The Morgan fingerprint density at radius 3 is 2.44 bits per heavy atom. The number of nitrogens with one attached hydrogen (secondary N) is 1. The highest BCUT2D eigenvalue weighted by Gasteiger charge is 2.48. The van der Waals surface area contributed by atoms with Crippen molar-refractivity contribution in [1.82, 2.24) is 14.7 Å². The minimum absolute atomic E-state index is 0.0801. The third-order valence-corrected chi connectivity index (χ3v) is 5.47. The van der Waals surface area contributed by atoms with Crippen LogP contribution in [0.3, 0.4) is 0 Å². The first kappa shape index (κ1) is 25.1. The largest absolute Gasteiger partial charge is 0.573 e. The minimum atomic E-state index is -4.96. The number of fused-ring (bicyclic) bond motifs is 1. The number of aryl methyl sites for hydroxylation is 1. The second kappa shape index (κ2) is 9.21. The van der Waals surface area contributed by atoms with Crippen molar-refractivity contribution in [2.24, 2.45) is 7.05 Å². The zero-order valence-corrected chi connectivity index (χ0v) is 18.5. The molecule has 2 aromatic carbocycles. The molecule has 0 aliphatic carbocycles. The third kappa shape index (κ3) is 5.44. The molecule has 1 aromatic heterocycles. The fourth-order valence-corrected chi connectivity index (χ4v) is 4.20. The smallest absolute Gasteiger partial charge is 0.406 e. The van der Waals surface area contributed by atoms with Gasteiger partial charge in [0.2, 0.25) is 5.91 Å². The monoisotopic (exact) mass is 512 g/mol. The predicted octanol–water partition coefficient (Wildman–Crippen LogP) is 4.80. The molecule has 0 saturated heterocycles. The van der Waals surface area contributed by atoms with Gasteiger partial charge in [0, 0.05) is 36.1 Å². The summed E-state index contributed by atoms with van der Waals surface area (Å²) in [7, 11) is 1.53. The van der Waals surface area contributed by atoms with E-state index in [1.165, 1.54) is 60.5 Å². The summed E-state index contributed by atoms with van der Waals surface area (Å²) in [5.74, 6) is -3.68. The van der Waals surface area contributed by atoms with Gasteiger partial charge in [0.1, 0.15) is 12.3 Å². The van der Waals surface area contributed by atoms with Gasteiger partial charge in [0.15, 0.2) is 0 Å². The Morgan fingerprint density at radius 1 is 1.08 bits per heavy atom. The van der Waals surface area contributed by atoms with Crippen molar-refractivity contribution in [3.63, 3.8) is 0 Å². The Labute approximate surface area is 200 Å². The fourth-order valence-electron chi connectivity index (χ4n) is 4.20. The highest BCUT2D eigenvalue weighted by Crippen LogP contribution is 2.44. The topological polar surface area (TPSA) is 76.5 Å². The summed E-state index contributed by atoms with van der Waals surface area (Å²) in [5, 5.41) is 6.42. The molecular weight excluding hydrogens is 494 g/mol. The standard InChI is InChI=1S/C23H18F6N4O3/c1-32-11-13(10-30-32)19-18(20(34)31-14-5-4-6-15(9-14)36-23(27,28)29)16-7-2-3-8-17(16)21(35)33(19)12-22(24,25)26/h2-11,18-19H,12H2,1H3,(H,31,34). The van der Waals surface area contributed by atoms with Crippen LogP contribution in [0.15, 0.2) is 60.9 Å². The van der Waals surface area contributed by atoms with Crippen molar-refractivity contribution in [1.29, 1.82) is 0 Å². The van der Waals surface area contributed by atoms with Crippen LogP contribution >= 0.6 is 0 Å². The minimum Gasteiger partial charge on any atom is -0.406 e.